The molecule has 2 aliphatic heterocycles. The van der Waals surface area contributed by atoms with Crippen LogP contribution in [0, 0.1) is 6.92 Å². The maximum Gasteiger partial charge on any atom is 0.214 e. The van der Waals surface area contributed by atoms with Crippen LogP contribution in [0.1, 0.15) is 24.8 Å². The molecule has 0 radical (unpaired) electrons. The van der Waals surface area contributed by atoms with Gasteiger partial charge < -0.3 is 14.2 Å². The molecule has 2 unspecified atom stereocenters. The highest BCUT2D eigenvalue weighted by molar-refractivity contribution is 5.23. The molecule has 94 valence electrons. The lowest BCUT2D eigenvalue weighted by atomic mass is 10.2. The summed E-state index contributed by atoms with van der Waals surface area (Å²) in [7, 11) is 0. The minimum atomic E-state index is -0.0597. The highest BCUT2D eigenvalue weighted by atomic mass is 16.7. The predicted molar refractivity (Wildman–Crippen MR) is 60.9 cm³/mol. The fourth-order valence-corrected chi connectivity index (χ4v) is 2.32. The zero-order chi connectivity index (χ0) is 11.7. The maximum absolute atomic E-state index is 5.89. The van der Waals surface area contributed by atoms with Crippen molar-refractivity contribution in [1.29, 1.82) is 0 Å². The summed E-state index contributed by atoms with van der Waals surface area (Å²) in [5.41, 5.74) is 1.08. The van der Waals surface area contributed by atoms with Gasteiger partial charge in [0.1, 0.15) is 12.7 Å². The van der Waals surface area contributed by atoms with E-state index in [4.69, 9.17) is 14.2 Å². The van der Waals surface area contributed by atoms with E-state index in [1.54, 1.807) is 0 Å². The molecular formula is C12H18N2O3. The smallest absolute Gasteiger partial charge is 0.214 e. The molecule has 5 heteroatoms. The van der Waals surface area contributed by atoms with E-state index in [2.05, 4.69) is 5.10 Å². The van der Waals surface area contributed by atoms with Crippen molar-refractivity contribution in [3.05, 3.63) is 11.8 Å². The molecule has 0 saturated carbocycles. The van der Waals surface area contributed by atoms with Gasteiger partial charge >= 0.3 is 0 Å². The molecule has 0 N–H and O–H groups in total. The lowest BCUT2D eigenvalue weighted by Gasteiger charge is -2.30. The summed E-state index contributed by atoms with van der Waals surface area (Å²) in [6, 6.07) is 0. The number of rotatable bonds is 2. The van der Waals surface area contributed by atoms with E-state index >= 15 is 0 Å². The normalized spacial score (nSPS) is 28.5. The van der Waals surface area contributed by atoms with Crippen LogP contribution in [0.15, 0.2) is 6.20 Å². The first-order valence-corrected chi connectivity index (χ1v) is 6.25. The summed E-state index contributed by atoms with van der Waals surface area (Å²) in [4.78, 5) is 0. The van der Waals surface area contributed by atoms with Crippen LogP contribution in [0.5, 0.6) is 5.88 Å². The molecule has 0 aliphatic carbocycles. The third kappa shape index (κ3) is 2.30. The number of hydrogen-bond donors (Lipinski definition) is 0. The van der Waals surface area contributed by atoms with Gasteiger partial charge in [0.15, 0.2) is 6.29 Å². The van der Waals surface area contributed by atoms with Crippen molar-refractivity contribution < 1.29 is 14.2 Å². The topological polar surface area (TPSA) is 45.5 Å². The summed E-state index contributed by atoms with van der Waals surface area (Å²) < 4.78 is 19.0. The number of nitrogens with zero attached hydrogens (tertiary/aromatic N) is 2. The van der Waals surface area contributed by atoms with Crippen LogP contribution in [0.4, 0.5) is 0 Å². The molecule has 0 spiro atoms. The van der Waals surface area contributed by atoms with Crippen molar-refractivity contribution in [3.63, 3.8) is 0 Å². The van der Waals surface area contributed by atoms with Gasteiger partial charge in [0.2, 0.25) is 5.88 Å². The van der Waals surface area contributed by atoms with Crippen molar-refractivity contribution in [2.75, 3.05) is 13.2 Å². The van der Waals surface area contributed by atoms with E-state index in [9.17, 15) is 0 Å². The van der Waals surface area contributed by atoms with Crippen LogP contribution in [-0.4, -0.2) is 35.4 Å². The molecule has 0 bridgehead atoms. The number of aromatic nitrogens is 2. The summed E-state index contributed by atoms with van der Waals surface area (Å²) >= 11 is 0. The first-order chi connectivity index (χ1) is 8.33. The molecule has 17 heavy (non-hydrogen) atoms. The van der Waals surface area contributed by atoms with Gasteiger partial charge in [0.05, 0.1) is 12.7 Å². The highest BCUT2D eigenvalue weighted by Crippen LogP contribution is 2.24. The fourth-order valence-electron chi connectivity index (χ4n) is 2.32. The van der Waals surface area contributed by atoms with E-state index in [0.29, 0.717) is 6.61 Å². The van der Waals surface area contributed by atoms with Gasteiger partial charge in [-0.1, -0.05) is 0 Å². The first-order valence-electron chi connectivity index (χ1n) is 6.25. The largest absolute Gasteiger partial charge is 0.475 e. The average Bonchev–Trinajstić information content (AvgIpc) is 2.72. The molecule has 2 atom stereocenters. The van der Waals surface area contributed by atoms with E-state index in [1.807, 2.05) is 17.8 Å². The van der Waals surface area contributed by atoms with Gasteiger partial charge in [-0.25, -0.2) is 4.68 Å². The summed E-state index contributed by atoms with van der Waals surface area (Å²) in [5, 5.41) is 4.27. The van der Waals surface area contributed by atoms with Crippen LogP contribution >= 0.6 is 0 Å². The second kappa shape index (κ2) is 4.66. The Balaban J connectivity index is 1.60. The maximum atomic E-state index is 5.89. The van der Waals surface area contributed by atoms with Crippen LogP contribution in [0.2, 0.25) is 0 Å². The number of fused-ring (bicyclic) bond motifs is 1. The van der Waals surface area contributed by atoms with E-state index in [1.165, 1.54) is 6.42 Å². The molecular weight excluding hydrogens is 220 g/mol. The van der Waals surface area contributed by atoms with Crippen molar-refractivity contribution in [3.8, 4) is 5.88 Å². The SMILES string of the molecule is Cc1cnn2c1OCC(OC1CCCCO1)C2. The Morgan fingerprint density at radius 3 is 3.24 bits per heavy atom. The van der Waals surface area contributed by atoms with Crippen molar-refractivity contribution in [2.45, 2.75) is 45.1 Å². The molecule has 3 rings (SSSR count). The van der Waals surface area contributed by atoms with Gasteiger partial charge in [-0.2, -0.15) is 5.10 Å². The summed E-state index contributed by atoms with van der Waals surface area (Å²) in [6.45, 7) is 4.16. The Morgan fingerprint density at radius 1 is 1.47 bits per heavy atom. The lowest BCUT2D eigenvalue weighted by Crippen LogP contribution is -2.37. The standard InChI is InChI=1S/C12H18N2O3/c1-9-6-13-14-7-10(8-16-12(9)14)17-11-4-2-3-5-15-11/h6,10-11H,2-5,7-8H2,1H3. The second-order valence-corrected chi connectivity index (χ2v) is 4.68. The summed E-state index contributed by atoms with van der Waals surface area (Å²) in [6.07, 6.45) is 5.13. The highest BCUT2D eigenvalue weighted by Gasteiger charge is 2.26. The number of aryl methyl sites for hydroxylation is 1. The molecule has 0 amide bonds. The number of hydrogen-bond acceptors (Lipinski definition) is 4. The number of ether oxygens (including phenoxy) is 3. The third-order valence-corrected chi connectivity index (χ3v) is 3.23. The van der Waals surface area contributed by atoms with Gasteiger partial charge in [-0.15, -0.1) is 0 Å². The second-order valence-electron chi connectivity index (χ2n) is 4.68. The average molecular weight is 238 g/mol. The van der Waals surface area contributed by atoms with E-state index < -0.39 is 0 Å². The third-order valence-electron chi connectivity index (χ3n) is 3.23. The zero-order valence-electron chi connectivity index (χ0n) is 10.1. The molecule has 5 nitrogen and oxygen atoms in total. The van der Waals surface area contributed by atoms with E-state index in [0.717, 1.165) is 37.4 Å². The molecule has 0 aromatic carbocycles. The Kier molecular flexibility index (Phi) is 3.03. The molecule has 3 heterocycles. The first kappa shape index (κ1) is 11.0. The Morgan fingerprint density at radius 2 is 2.41 bits per heavy atom. The van der Waals surface area contributed by atoms with Crippen LogP contribution in [0.3, 0.4) is 0 Å². The molecule has 1 saturated heterocycles. The van der Waals surface area contributed by atoms with Gasteiger partial charge in [0, 0.05) is 12.2 Å². The monoisotopic (exact) mass is 238 g/mol. The minimum Gasteiger partial charge on any atom is -0.475 e. The summed E-state index contributed by atoms with van der Waals surface area (Å²) in [5.74, 6) is 0.870. The van der Waals surface area contributed by atoms with Crippen molar-refractivity contribution in [1.82, 2.24) is 9.78 Å². The van der Waals surface area contributed by atoms with Crippen LogP contribution in [-0.2, 0) is 16.0 Å². The van der Waals surface area contributed by atoms with Crippen molar-refractivity contribution >= 4 is 0 Å². The van der Waals surface area contributed by atoms with E-state index in [-0.39, 0.29) is 12.4 Å². The Bertz CT molecular complexity index is 385. The molecule has 2 aliphatic rings. The fraction of sp³-hybridized carbons (Fsp3) is 0.750. The predicted octanol–water partition coefficient (Wildman–Crippen LogP) is 1.50. The van der Waals surface area contributed by atoms with Gasteiger partial charge in [-0.3, -0.25) is 0 Å². The Labute approximate surface area is 101 Å². The quantitative estimate of drug-likeness (QED) is 0.783. The van der Waals surface area contributed by atoms with Crippen molar-refractivity contribution in [2.24, 2.45) is 0 Å². The van der Waals surface area contributed by atoms with Crippen LogP contribution in [0.25, 0.3) is 0 Å². The zero-order valence-corrected chi connectivity index (χ0v) is 10.1. The van der Waals surface area contributed by atoms with Crippen LogP contribution < -0.4 is 4.74 Å². The van der Waals surface area contributed by atoms with Gasteiger partial charge in [-0.05, 0) is 26.2 Å². The molecule has 1 fully saturated rings. The lowest BCUT2D eigenvalue weighted by molar-refractivity contribution is -0.200. The molecule has 1 aromatic heterocycles. The minimum absolute atomic E-state index is 0.0462. The Hall–Kier alpha value is -1.07. The van der Waals surface area contributed by atoms with Gasteiger partial charge in [0.25, 0.3) is 0 Å². The molecule has 1 aromatic rings.